The molecular formula is C11H15N3O6. The summed E-state index contributed by atoms with van der Waals surface area (Å²) in [7, 11) is 2.65. The second-order valence-corrected chi connectivity index (χ2v) is 4.08. The van der Waals surface area contributed by atoms with Crippen molar-refractivity contribution >= 4 is 11.6 Å². The Bertz CT molecular complexity index is 515. The van der Waals surface area contributed by atoms with E-state index in [2.05, 4.69) is 0 Å². The van der Waals surface area contributed by atoms with Gasteiger partial charge in [-0.15, -0.1) is 0 Å². The maximum atomic E-state index is 12.3. The van der Waals surface area contributed by atoms with Crippen LogP contribution in [0, 0.1) is 15.3 Å². The lowest BCUT2D eigenvalue weighted by molar-refractivity contribution is -0.655. The third kappa shape index (κ3) is 2.39. The Morgan fingerprint density at radius 3 is 2.40 bits per heavy atom. The predicted molar refractivity (Wildman–Crippen MR) is 68.2 cm³/mol. The third-order valence-electron chi connectivity index (χ3n) is 3.01. The number of hydrogen-bond acceptors (Lipinski definition) is 7. The summed E-state index contributed by atoms with van der Waals surface area (Å²) in [6.45, 7) is 1.82. The standard InChI is InChI=1S/C11H15N3O6/c1-18-8-7-9(19-2)11(14(16)17)13(15)10(8)12-3-5-20-6-4-12/h7H,3-6H2,1-2H3. The van der Waals surface area contributed by atoms with E-state index in [1.54, 1.807) is 4.90 Å². The maximum Gasteiger partial charge on any atom is 0.557 e. The molecule has 0 bridgehead atoms. The van der Waals surface area contributed by atoms with Gasteiger partial charge in [0.05, 0.1) is 27.4 Å². The van der Waals surface area contributed by atoms with Gasteiger partial charge in [0.15, 0.2) is 0 Å². The van der Waals surface area contributed by atoms with E-state index >= 15 is 0 Å². The van der Waals surface area contributed by atoms with Gasteiger partial charge in [-0.2, -0.15) is 0 Å². The summed E-state index contributed by atoms with van der Waals surface area (Å²) < 4.78 is 15.5. The molecule has 0 unspecified atom stereocenters. The number of pyridine rings is 1. The van der Waals surface area contributed by atoms with Gasteiger partial charge in [-0.1, -0.05) is 4.73 Å². The maximum absolute atomic E-state index is 12.3. The van der Waals surface area contributed by atoms with Crippen LogP contribution >= 0.6 is 0 Å². The van der Waals surface area contributed by atoms with Crippen LogP contribution in [0.2, 0.25) is 0 Å². The van der Waals surface area contributed by atoms with Gasteiger partial charge in [0.2, 0.25) is 5.75 Å². The van der Waals surface area contributed by atoms with E-state index in [1.165, 1.54) is 20.3 Å². The average Bonchev–Trinajstić information content (AvgIpc) is 2.46. The molecule has 2 heterocycles. The number of rotatable bonds is 4. The first-order valence-electron chi connectivity index (χ1n) is 5.95. The molecule has 1 aromatic rings. The first kappa shape index (κ1) is 14.1. The SMILES string of the molecule is COc1cc(OC)c([N+](=O)[O-])[n+]([O-])c1N1CCOCC1. The molecule has 0 radical (unpaired) electrons. The molecule has 0 spiro atoms. The lowest BCUT2D eigenvalue weighted by Gasteiger charge is -2.27. The smallest absolute Gasteiger partial charge is 0.557 e. The molecule has 1 aliphatic heterocycles. The summed E-state index contributed by atoms with van der Waals surface area (Å²) in [6.07, 6.45) is 0. The molecule has 0 N–H and O–H groups in total. The second-order valence-electron chi connectivity index (χ2n) is 4.08. The molecule has 0 saturated carbocycles. The monoisotopic (exact) mass is 285 g/mol. The molecule has 110 valence electrons. The van der Waals surface area contributed by atoms with E-state index in [0.717, 1.165) is 0 Å². The molecule has 2 rings (SSSR count). The van der Waals surface area contributed by atoms with Crippen LogP contribution in [0.4, 0.5) is 11.6 Å². The fraction of sp³-hybridized carbons (Fsp3) is 0.545. The highest BCUT2D eigenvalue weighted by atomic mass is 16.6. The Balaban J connectivity index is 2.58. The number of morpholine rings is 1. The largest absolute Gasteiger partial charge is 0.612 e. The Hall–Kier alpha value is -2.29. The topological polar surface area (TPSA) is 101 Å². The number of ether oxygens (including phenoxy) is 3. The van der Waals surface area contributed by atoms with Crippen molar-refractivity contribution in [2.75, 3.05) is 45.4 Å². The Morgan fingerprint density at radius 1 is 1.30 bits per heavy atom. The van der Waals surface area contributed by atoms with E-state index in [1.807, 2.05) is 0 Å². The number of anilines is 1. The highest BCUT2D eigenvalue weighted by Gasteiger charge is 2.36. The van der Waals surface area contributed by atoms with Gasteiger partial charge in [0.1, 0.15) is 4.92 Å². The average molecular weight is 285 g/mol. The van der Waals surface area contributed by atoms with E-state index in [9.17, 15) is 15.3 Å². The predicted octanol–water partition coefficient (Wildman–Crippen LogP) is 0.0820. The van der Waals surface area contributed by atoms with Crippen LogP contribution in [-0.4, -0.2) is 45.4 Å². The summed E-state index contributed by atoms with van der Waals surface area (Å²) in [5.74, 6) is -0.471. The zero-order valence-corrected chi connectivity index (χ0v) is 11.2. The summed E-state index contributed by atoms with van der Waals surface area (Å²) in [4.78, 5) is 12.0. The molecule has 0 atom stereocenters. The van der Waals surface area contributed by atoms with Gasteiger partial charge in [-0.25, -0.2) is 0 Å². The van der Waals surface area contributed by atoms with Crippen LogP contribution in [0.15, 0.2) is 6.07 Å². The summed E-state index contributed by atoms with van der Waals surface area (Å²) >= 11 is 0. The number of nitro groups is 1. The normalized spacial score (nSPS) is 15.0. The zero-order valence-electron chi connectivity index (χ0n) is 11.2. The quantitative estimate of drug-likeness (QED) is 0.334. The van der Waals surface area contributed by atoms with Crippen LogP contribution in [0.5, 0.6) is 11.5 Å². The van der Waals surface area contributed by atoms with E-state index in [-0.39, 0.29) is 22.0 Å². The molecule has 0 amide bonds. The lowest BCUT2D eigenvalue weighted by Crippen LogP contribution is -2.45. The molecule has 1 fully saturated rings. The molecule has 1 saturated heterocycles. The van der Waals surface area contributed by atoms with Gasteiger partial charge < -0.3 is 24.3 Å². The first-order valence-corrected chi connectivity index (χ1v) is 5.95. The van der Waals surface area contributed by atoms with Crippen molar-refractivity contribution in [1.82, 2.24) is 0 Å². The first-order chi connectivity index (χ1) is 9.60. The van der Waals surface area contributed by atoms with E-state index < -0.39 is 10.7 Å². The molecule has 1 aliphatic rings. The van der Waals surface area contributed by atoms with Crippen molar-refractivity contribution in [3.8, 4) is 11.5 Å². The third-order valence-corrected chi connectivity index (χ3v) is 3.01. The minimum absolute atomic E-state index is 0.100. The number of nitrogens with zero attached hydrogens (tertiary/aromatic N) is 3. The minimum Gasteiger partial charge on any atom is -0.612 e. The molecule has 20 heavy (non-hydrogen) atoms. The van der Waals surface area contributed by atoms with Gasteiger partial charge in [-0.3, -0.25) is 10.1 Å². The van der Waals surface area contributed by atoms with Crippen LogP contribution in [0.1, 0.15) is 0 Å². The van der Waals surface area contributed by atoms with Crippen LogP contribution in [0.25, 0.3) is 0 Å². The van der Waals surface area contributed by atoms with Gasteiger partial charge in [-0.05, 0) is 0 Å². The summed E-state index contributed by atoms with van der Waals surface area (Å²) in [5, 5.41) is 23.4. The Labute approximate surface area is 115 Å². The van der Waals surface area contributed by atoms with Gasteiger partial charge in [0, 0.05) is 19.2 Å². The zero-order chi connectivity index (χ0) is 14.7. The van der Waals surface area contributed by atoms with Crippen molar-refractivity contribution < 1.29 is 23.9 Å². The molecule has 0 aromatic carbocycles. The summed E-state index contributed by atoms with van der Waals surface area (Å²) in [6, 6.07) is 1.34. The minimum atomic E-state index is -0.769. The summed E-state index contributed by atoms with van der Waals surface area (Å²) in [5.41, 5.74) is 0. The molecule has 0 aliphatic carbocycles. The second kappa shape index (κ2) is 5.78. The highest BCUT2D eigenvalue weighted by molar-refractivity contribution is 5.55. The van der Waals surface area contributed by atoms with E-state index in [4.69, 9.17) is 14.2 Å². The number of aromatic nitrogens is 1. The fourth-order valence-corrected chi connectivity index (χ4v) is 2.07. The van der Waals surface area contributed by atoms with Crippen LogP contribution in [-0.2, 0) is 4.74 Å². The van der Waals surface area contributed by atoms with Crippen molar-refractivity contribution in [3.63, 3.8) is 0 Å². The van der Waals surface area contributed by atoms with Crippen LogP contribution in [0.3, 0.4) is 0 Å². The van der Waals surface area contributed by atoms with E-state index in [0.29, 0.717) is 26.3 Å². The van der Waals surface area contributed by atoms with Crippen molar-refractivity contribution in [3.05, 3.63) is 21.4 Å². The Morgan fingerprint density at radius 2 is 1.90 bits per heavy atom. The molecular weight excluding hydrogens is 270 g/mol. The van der Waals surface area contributed by atoms with Crippen molar-refractivity contribution in [2.24, 2.45) is 0 Å². The van der Waals surface area contributed by atoms with Crippen molar-refractivity contribution in [2.45, 2.75) is 0 Å². The van der Waals surface area contributed by atoms with Gasteiger partial charge in [0.25, 0.3) is 5.75 Å². The van der Waals surface area contributed by atoms with Gasteiger partial charge >= 0.3 is 11.6 Å². The van der Waals surface area contributed by atoms with Crippen molar-refractivity contribution in [1.29, 1.82) is 0 Å². The Kier molecular flexibility index (Phi) is 4.08. The molecule has 9 nitrogen and oxygen atoms in total. The highest BCUT2D eigenvalue weighted by Crippen LogP contribution is 2.34. The molecule has 1 aromatic heterocycles. The number of hydrogen-bond donors (Lipinski definition) is 0. The van der Waals surface area contributed by atoms with Crippen LogP contribution < -0.4 is 19.1 Å². The molecule has 9 heteroatoms. The fourth-order valence-electron chi connectivity index (χ4n) is 2.07. The number of methoxy groups -OCH3 is 2. The lowest BCUT2D eigenvalue weighted by atomic mass is 10.3.